The Morgan fingerprint density at radius 2 is 1.95 bits per heavy atom. The molecule has 1 heterocycles. The highest BCUT2D eigenvalue weighted by molar-refractivity contribution is 5.85. The standard InChI is InChI=1S/C16H19NO4/c1-9-6-11(12(7-9)16(19)20)15(18)17-13-8-21-14-5-3-2-4-10(13)14/h2-5,9,11-13H,6-8H2,1H3,(H,17,18)(H,19,20). The molecule has 5 heteroatoms. The maximum absolute atomic E-state index is 12.4. The molecule has 5 nitrogen and oxygen atoms in total. The first-order valence-corrected chi connectivity index (χ1v) is 7.31. The average molecular weight is 289 g/mol. The lowest BCUT2D eigenvalue weighted by Crippen LogP contribution is -2.38. The summed E-state index contributed by atoms with van der Waals surface area (Å²) in [6, 6.07) is 7.42. The van der Waals surface area contributed by atoms with Gasteiger partial charge in [0.15, 0.2) is 0 Å². The van der Waals surface area contributed by atoms with E-state index in [-0.39, 0.29) is 17.9 Å². The van der Waals surface area contributed by atoms with E-state index in [9.17, 15) is 14.7 Å². The molecule has 1 fully saturated rings. The third-order valence-electron chi connectivity index (χ3n) is 4.47. The zero-order valence-corrected chi connectivity index (χ0v) is 11.9. The van der Waals surface area contributed by atoms with Crippen LogP contribution in [0, 0.1) is 17.8 Å². The molecule has 4 atom stereocenters. The molecule has 0 aromatic heterocycles. The Morgan fingerprint density at radius 3 is 2.71 bits per heavy atom. The van der Waals surface area contributed by atoms with Gasteiger partial charge in [-0.1, -0.05) is 25.1 Å². The Morgan fingerprint density at radius 1 is 1.24 bits per heavy atom. The van der Waals surface area contributed by atoms with Gasteiger partial charge >= 0.3 is 5.97 Å². The summed E-state index contributed by atoms with van der Waals surface area (Å²) in [6.45, 7) is 2.41. The van der Waals surface area contributed by atoms with Gasteiger partial charge < -0.3 is 15.2 Å². The molecule has 0 bridgehead atoms. The second-order valence-corrected chi connectivity index (χ2v) is 6.04. The molecule has 1 aliphatic carbocycles. The number of fused-ring (bicyclic) bond motifs is 1. The number of amides is 1. The van der Waals surface area contributed by atoms with Crippen molar-refractivity contribution >= 4 is 11.9 Å². The monoisotopic (exact) mass is 289 g/mol. The molecule has 2 aliphatic rings. The summed E-state index contributed by atoms with van der Waals surface area (Å²) in [6.07, 6.45) is 1.21. The molecule has 1 saturated carbocycles. The van der Waals surface area contributed by atoms with Crippen LogP contribution in [-0.4, -0.2) is 23.6 Å². The fourth-order valence-corrected chi connectivity index (χ4v) is 3.42. The zero-order chi connectivity index (χ0) is 15.0. The molecule has 1 aromatic rings. The molecule has 1 aliphatic heterocycles. The van der Waals surface area contributed by atoms with Gasteiger partial charge in [-0.05, 0) is 24.8 Å². The molecule has 1 aromatic carbocycles. The summed E-state index contributed by atoms with van der Waals surface area (Å²) in [4.78, 5) is 23.7. The number of hydrogen-bond acceptors (Lipinski definition) is 3. The van der Waals surface area contributed by atoms with Crippen LogP contribution in [0.3, 0.4) is 0 Å². The zero-order valence-electron chi connectivity index (χ0n) is 11.9. The van der Waals surface area contributed by atoms with Gasteiger partial charge in [0, 0.05) is 5.56 Å². The van der Waals surface area contributed by atoms with Crippen LogP contribution >= 0.6 is 0 Å². The first kappa shape index (κ1) is 13.9. The number of nitrogens with one attached hydrogen (secondary N) is 1. The van der Waals surface area contributed by atoms with Crippen LogP contribution in [0.1, 0.15) is 31.4 Å². The molecule has 21 heavy (non-hydrogen) atoms. The lowest BCUT2D eigenvalue weighted by atomic mass is 9.94. The van der Waals surface area contributed by atoms with Crippen molar-refractivity contribution < 1.29 is 19.4 Å². The highest BCUT2D eigenvalue weighted by atomic mass is 16.5. The van der Waals surface area contributed by atoms with E-state index in [4.69, 9.17) is 4.74 Å². The van der Waals surface area contributed by atoms with Crippen molar-refractivity contribution in [2.75, 3.05) is 6.61 Å². The quantitative estimate of drug-likeness (QED) is 0.892. The van der Waals surface area contributed by atoms with Gasteiger partial charge in [0.25, 0.3) is 0 Å². The number of hydrogen-bond donors (Lipinski definition) is 2. The molecule has 0 saturated heterocycles. The Labute approximate surface area is 123 Å². The molecule has 3 rings (SSSR count). The molecule has 0 spiro atoms. The van der Waals surface area contributed by atoms with Crippen LogP contribution < -0.4 is 10.1 Å². The highest BCUT2D eigenvalue weighted by Crippen LogP contribution is 2.38. The Balaban J connectivity index is 1.71. The minimum Gasteiger partial charge on any atom is -0.491 e. The Kier molecular flexibility index (Phi) is 3.57. The van der Waals surface area contributed by atoms with Crippen LogP contribution in [0.5, 0.6) is 5.75 Å². The average Bonchev–Trinajstić information content (AvgIpc) is 3.03. The van der Waals surface area contributed by atoms with Crippen LogP contribution in [-0.2, 0) is 9.59 Å². The third kappa shape index (κ3) is 2.60. The third-order valence-corrected chi connectivity index (χ3v) is 4.47. The van der Waals surface area contributed by atoms with Crippen molar-refractivity contribution in [2.24, 2.45) is 17.8 Å². The van der Waals surface area contributed by atoms with Crippen LogP contribution in [0.4, 0.5) is 0 Å². The van der Waals surface area contributed by atoms with Crippen molar-refractivity contribution in [1.29, 1.82) is 0 Å². The van der Waals surface area contributed by atoms with Gasteiger partial charge in [-0.2, -0.15) is 0 Å². The topological polar surface area (TPSA) is 75.6 Å². The SMILES string of the molecule is CC1CC(C(=O)O)C(C(=O)NC2COc3ccccc32)C1. The van der Waals surface area contributed by atoms with E-state index in [2.05, 4.69) is 5.32 Å². The lowest BCUT2D eigenvalue weighted by molar-refractivity contribution is -0.146. The maximum atomic E-state index is 12.4. The van der Waals surface area contributed by atoms with Crippen molar-refractivity contribution in [3.8, 4) is 5.75 Å². The smallest absolute Gasteiger partial charge is 0.307 e. The predicted octanol–water partition coefficient (Wildman–Crippen LogP) is 1.98. The van der Waals surface area contributed by atoms with E-state index in [1.807, 2.05) is 31.2 Å². The van der Waals surface area contributed by atoms with Crippen LogP contribution in [0.15, 0.2) is 24.3 Å². The number of ether oxygens (including phenoxy) is 1. The normalized spacial score (nSPS) is 30.5. The van der Waals surface area contributed by atoms with Crippen LogP contribution in [0.2, 0.25) is 0 Å². The van der Waals surface area contributed by atoms with E-state index in [0.717, 1.165) is 11.3 Å². The highest BCUT2D eigenvalue weighted by Gasteiger charge is 2.42. The molecule has 0 radical (unpaired) electrons. The number of carbonyl (C=O) groups is 2. The number of para-hydroxylation sites is 1. The van der Waals surface area contributed by atoms with Crippen molar-refractivity contribution in [3.63, 3.8) is 0 Å². The largest absolute Gasteiger partial charge is 0.491 e. The Bertz CT molecular complexity index is 571. The van der Waals surface area contributed by atoms with E-state index < -0.39 is 17.8 Å². The summed E-state index contributed by atoms with van der Waals surface area (Å²) in [5.74, 6) is -0.992. The maximum Gasteiger partial charge on any atom is 0.307 e. The van der Waals surface area contributed by atoms with Crippen LogP contribution in [0.25, 0.3) is 0 Å². The summed E-state index contributed by atoms with van der Waals surface area (Å²) in [5, 5.41) is 12.2. The number of aliphatic carboxylic acids is 1. The lowest BCUT2D eigenvalue weighted by Gasteiger charge is -2.18. The minimum absolute atomic E-state index is 0.169. The molecular weight excluding hydrogens is 270 g/mol. The van der Waals surface area contributed by atoms with Crippen molar-refractivity contribution in [3.05, 3.63) is 29.8 Å². The number of carboxylic acid groups (broad SMARTS) is 1. The number of benzene rings is 1. The fourth-order valence-electron chi connectivity index (χ4n) is 3.42. The molecule has 112 valence electrons. The van der Waals surface area contributed by atoms with E-state index in [1.54, 1.807) is 0 Å². The number of rotatable bonds is 3. The van der Waals surface area contributed by atoms with Crippen molar-refractivity contribution in [1.82, 2.24) is 5.32 Å². The summed E-state index contributed by atoms with van der Waals surface area (Å²) in [5.41, 5.74) is 0.962. The fraction of sp³-hybridized carbons (Fsp3) is 0.500. The molecular formula is C16H19NO4. The summed E-state index contributed by atoms with van der Waals surface area (Å²) < 4.78 is 5.54. The van der Waals surface area contributed by atoms with Gasteiger partial charge in [-0.3, -0.25) is 9.59 Å². The van der Waals surface area contributed by atoms with Gasteiger partial charge in [-0.15, -0.1) is 0 Å². The van der Waals surface area contributed by atoms with E-state index >= 15 is 0 Å². The predicted molar refractivity (Wildman–Crippen MR) is 75.8 cm³/mol. The first-order chi connectivity index (χ1) is 10.1. The molecule has 2 N–H and O–H groups in total. The number of carboxylic acids is 1. The summed E-state index contributed by atoms with van der Waals surface area (Å²) in [7, 11) is 0. The van der Waals surface area contributed by atoms with Gasteiger partial charge in [-0.25, -0.2) is 0 Å². The second-order valence-electron chi connectivity index (χ2n) is 6.04. The Hall–Kier alpha value is -2.04. The van der Waals surface area contributed by atoms with E-state index in [1.165, 1.54) is 0 Å². The van der Waals surface area contributed by atoms with E-state index in [0.29, 0.717) is 19.4 Å². The second kappa shape index (κ2) is 5.39. The van der Waals surface area contributed by atoms with Crippen molar-refractivity contribution in [2.45, 2.75) is 25.8 Å². The summed E-state index contributed by atoms with van der Waals surface area (Å²) >= 11 is 0. The van der Waals surface area contributed by atoms with Gasteiger partial charge in [0.1, 0.15) is 12.4 Å². The van der Waals surface area contributed by atoms with Gasteiger partial charge in [0.2, 0.25) is 5.91 Å². The first-order valence-electron chi connectivity index (χ1n) is 7.31. The minimum atomic E-state index is -0.873. The molecule has 4 unspecified atom stereocenters. The van der Waals surface area contributed by atoms with Gasteiger partial charge in [0.05, 0.1) is 17.9 Å². The molecule has 1 amide bonds. The number of carbonyl (C=O) groups excluding carboxylic acids is 1.